The second-order valence-electron chi connectivity index (χ2n) is 5.94. The molecule has 1 saturated heterocycles. The standard InChI is InChI=1S/C13H24N2O2/c1-13(17)9-15(10-13)8-12(16)14(2)11-6-4-3-5-7-11/h11,17H,3-10H2,1-2H3. The normalized spacial score (nSPS) is 25.4. The van der Waals surface area contributed by atoms with Gasteiger partial charge in [0.05, 0.1) is 12.1 Å². The Morgan fingerprint density at radius 1 is 1.35 bits per heavy atom. The fraction of sp³-hybridized carbons (Fsp3) is 0.923. The van der Waals surface area contributed by atoms with E-state index < -0.39 is 5.60 Å². The molecule has 2 fully saturated rings. The van der Waals surface area contributed by atoms with E-state index in [0.717, 1.165) is 12.8 Å². The molecule has 1 heterocycles. The van der Waals surface area contributed by atoms with E-state index in [1.165, 1.54) is 19.3 Å². The van der Waals surface area contributed by atoms with E-state index in [4.69, 9.17) is 0 Å². The second-order valence-corrected chi connectivity index (χ2v) is 5.94. The summed E-state index contributed by atoms with van der Waals surface area (Å²) in [5, 5.41) is 9.62. The summed E-state index contributed by atoms with van der Waals surface area (Å²) in [4.78, 5) is 16.0. The van der Waals surface area contributed by atoms with Gasteiger partial charge in [-0.15, -0.1) is 0 Å². The van der Waals surface area contributed by atoms with Crippen LogP contribution in [0.5, 0.6) is 0 Å². The minimum Gasteiger partial charge on any atom is -0.388 e. The molecule has 0 atom stereocenters. The molecular weight excluding hydrogens is 216 g/mol. The van der Waals surface area contributed by atoms with E-state index in [-0.39, 0.29) is 5.91 Å². The van der Waals surface area contributed by atoms with Crippen LogP contribution in [0.3, 0.4) is 0 Å². The fourth-order valence-electron chi connectivity index (χ4n) is 3.00. The van der Waals surface area contributed by atoms with Crippen LogP contribution in [-0.2, 0) is 4.79 Å². The van der Waals surface area contributed by atoms with E-state index in [9.17, 15) is 9.90 Å². The van der Waals surface area contributed by atoms with Crippen molar-refractivity contribution in [1.29, 1.82) is 0 Å². The van der Waals surface area contributed by atoms with E-state index >= 15 is 0 Å². The van der Waals surface area contributed by atoms with Gasteiger partial charge in [0, 0.05) is 26.2 Å². The van der Waals surface area contributed by atoms with Crippen LogP contribution in [0.4, 0.5) is 0 Å². The molecule has 1 saturated carbocycles. The van der Waals surface area contributed by atoms with Crippen molar-refractivity contribution in [2.24, 2.45) is 0 Å². The molecule has 0 bridgehead atoms. The summed E-state index contributed by atoms with van der Waals surface area (Å²) in [7, 11) is 1.93. The van der Waals surface area contributed by atoms with Crippen molar-refractivity contribution < 1.29 is 9.90 Å². The van der Waals surface area contributed by atoms with Crippen LogP contribution in [0.15, 0.2) is 0 Å². The highest BCUT2D eigenvalue weighted by atomic mass is 16.3. The number of aliphatic hydroxyl groups is 1. The Bertz CT molecular complexity index is 277. The third-order valence-corrected chi connectivity index (χ3v) is 4.00. The van der Waals surface area contributed by atoms with Crippen molar-refractivity contribution in [3.63, 3.8) is 0 Å². The highest BCUT2D eigenvalue weighted by Crippen LogP contribution is 2.23. The van der Waals surface area contributed by atoms with E-state index in [0.29, 0.717) is 25.7 Å². The maximum Gasteiger partial charge on any atom is 0.236 e. The van der Waals surface area contributed by atoms with Gasteiger partial charge in [-0.25, -0.2) is 0 Å². The van der Waals surface area contributed by atoms with Gasteiger partial charge in [-0.3, -0.25) is 9.69 Å². The molecule has 1 aliphatic heterocycles. The summed E-state index contributed by atoms with van der Waals surface area (Å²) in [5.74, 6) is 0.201. The molecule has 0 aromatic rings. The third-order valence-electron chi connectivity index (χ3n) is 4.00. The number of rotatable bonds is 3. The first-order valence-electron chi connectivity index (χ1n) is 6.68. The average Bonchev–Trinajstić information content (AvgIpc) is 2.26. The van der Waals surface area contributed by atoms with Crippen LogP contribution in [0.1, 0.15) is 39.0 Å². The van der Waals surface area contributed by atoms with E-state index in [2.05, 4.69) is 0 Å². The minimum absolute atomic E-state index is 0.201. The van der Waals surface area contributed by atoms with Crippen LogP contribution in [0, 0.1) is 0 Å². The average molecular weight is 240 g/mol. The predicted octanol–water partition coefficient (Wildman–Crippen LogP) is 0.844. The molecule has 0 unspecified atom stereocenters. The summed E-state index contributed by atoms with van der Waals surface area (Å²) in [6.45, 7) is 3.52. The Morgan fingerprint density at radius 3 is 2.47 bits per heavy atom. The van der Waals surface area contributed by atoms with Gasteiger partial charge < -0.3 is 10.0 Å². The molecule has 0 spiro atoms. The summed E-state index contributed by atoms with van der Waals surface area (Å²) in [6, 6.07) is 0.443. The quantitative estimate of drug-likeness (QED) is 0.795. The van der Waals surface area contributed by atoms with Crippen molar-refractivity contribution in [2.45, 2.75) is 50.7 Å². The highest BCUT2D eigenvalue weighted by molar-refractivity contribution is 5.78. The van der Waals surface area contributed by atoms with Crippen LogP contribution in [0.25, 0.3) is 0 Å². The Balaban J connectivity index is 1.75. The Kier molecular flexibility index (Phi) is 3.73. The summed E-state index contributed by atoms with van der Waals surface area (Å²) in [5.41, 5.74) is -0.580. The first-order valence-corrected chi connectivity index (χ1v) is 6.68. The van der Waals surface area contributed by atoms with Crippen molar-refractivity contribution in [3.05, 3.63) is 0 Å². The van der Waals surface area contributed by atoms with E-state index in [1.54, 1.807) is 0 Å². The lowest BCUT2D eigenvalue weighted by Gasteiger charge is -2.44. The van der Waals surface area contributed by atoms with Gasteiger partial charge in [0.15, 0.2) is 0 Å². The fourth-order valence-corrected chi connectivity index (χ4v) is 3.00. The van der Waals surface area contributed by atoms with Gasteiger partial charge in [0.1, 0.15) is 0 Å². The molecule has 4 nitrogen and oxygen atoms in total. The predicted molar refractivity (Wildman–Crippen MR) is 66.7 cm³/mol. The molecule has 0 aromatic carbocycles. The smallest absolute Gasteiger partial charge is 0.236 e. The zero-order chi connectivity index (χ0) is 12.5. The Morgan fingerprint density at radius 2 is 1.94 bits per heavy atom. The second kappa shape index (κ2) is 4.94. The summed E-state index contributed by atoms with van der Waals surface area (Å²) >= 11 is 0. The molecule has 4 heteroatoms. The number of nitrogens with zero attached hydrogens (tertiary/aromatic N) is 2. The minimum atomic E-state index is -0.580. The van der Waals surface area contributed by atoms with E-state index in [1.807, 2.05) is 23.8 Å². The molecule has 1 amide bonds. The third kappa shape index (κ3) is 3.19. The van der Waals surface area contributed by atoms with Crippen molar-refractivity contribution in [2.75, 3.05) is 26.7 Å². The maximum atomic E-state index is 12.1. The molecule has 98 valence electrons. The first kappa shape index (κ1) is 12.8. The lowest BCUT2D eigenvalue weighted by Crippen LogP contribution is -2.62. The van der Waals surface area contributed by atoms with Gasteiger partial charge in [-0.1, -0.05) is 19.3 Å². The SMILES string of the molecule is CN(C(=O)CN1CC(C)(O)C1)C1CCCCC1. The van der Waals surface area contributed by atoms with Crippen molar-refractivity contribution in [1.82, 2.24) is 9.80 Å². The van der Waals surface area contributed by atoms with Gasteiger partial charge >= 0.3 is 0 Å². The monoisotopic (exact) mass is 240 g/mol. The largest absolute Gasteiger partial charge is 0.388 e. The van der Waals surface area contributed by atoms with Gasteiger partial charge in [0.2, 0.25) is 5.91 Å². The molecule has 1 N–H and O–H groups in total. The number of likely N-dealkylation sites (tertiary alicyclic amines) is 1. The number of carbonyl (C=O) groups is 1. The number of hydrogen-bond donors (Lipinski definition) is 1. The number of likely N-dealkylation sites (N-methyl/N-ethyl adjacent to an activating group) is 1. The molecule has 2 rings (SSSR count). The van der Waals surface area contributed by atoms with Crippen LogP contribution >= 0.6 is 0 Å². The first-order chi connectivity index (χ1) is 7.98. The van der Waals surface area contributed by atoms with Crippen LogP contribution in [-0.4, -0.2) is 59.1 Å². The molecule has 1 aliphatic carbocycles. The molecular formula is C13H24N2O2. The lowest BCUT2D eigenvalue weighted by molar-refractivity contribution is -0.141. The zero-order valence-electron chi connectivity index (χ0n) is 11.0. The van der Waals surface area contributed by atoms with Crippen molar-refractivity contribution >= 4 is 5.91 Å². The maximum absolute atomic E-state index is 12.1. The van der Waals surface area contributed by atoms with Crippen LogP contribution < -0.4 is 0 Å². The number of amides is 1. The summed E-state index contributed by atoms with van der Waals surface area (Å²) < 4.78 is 0. The Hall–Kier alpha value is -0.610. The topological polar surface area (TPSA) is 43.8 Å². The van der Waals surface area contributed by atoms with Gasteiger partial charge in [-0.05, 0) is 19.8 Å². The number of β-amino-alcohol motifs (C(OH)–C–C–N with tert-alkyl or cyclic N) is 1. The molecule has 2 aliphatic rings. The van der Waals surface area contributed by atoms with Gasteiger partial charge in [0.25, 0.3) is 0 Å². The highest BCUT2D eigenvalue weighted by Gasteiger charge is 2.38. The molecule has 0 radical (unpaired) electrons. The van der Waals surface area contributed by atoms with Gasteiger partial charge in [-0.2, -0.15) is 0 Å². The number of carbonyl (C=O) groups excluding carboxylic acids is 1. The zero-order valence-corrected chi connectivity index (χ0v) is 11.0. The lowest BCUT2D eigenvalue weighted by atomic mass is 9.94. The number of hydrogen-bond acceptors (Lipinski definition) is 3. The Labute approximate surface area is 104 Å². The molecule has 17 heavy (non-hydrogen) atoms. The van der Waals surface area contributed by atoms with Crippen molar-refractivity contribution in [3.8, 4) is 0 Å². The van der Waals surface area contributed by atoms with Crippen LogP contribution in [0.2, 0.25) is 0 Å². The molecule has 0 aromatic heterocycles. The summed E-state index contributed by atoms with van der Waals surface area (Å²) in [6.07, 6.45) is 6.12.